The second-order valence-corrected chi connectivity index (χ2v) is 6.69. The smallest absolute Gasteiger partial charge is 0.238 e. The first-order valence-electron chi connectivity index (χ1n) is 6.12. The van der Waals surface area contributed by atoms with Gasteiger partial charge in [0.1, 0.15) is 6.04 Å². The van der Waals surface area contributed by atoms with Crippen molar-refractivity contribution in [3.8, 4) is 0 Å². The molecule has 1 N–H and O–H groups in total. The first-order valence-corrected chi connectivity index (χ1v) is 7.97. The summed E-state index contributed by atoms with van der Waals surface area (Å²) < 4.78 is 29.5. The highest BCUT2D eigenvalue weighted by Gasteiger charge is 2.34. The zero-order chi connectivity index (χ0) is 13.8. The molecule has 0 aromatic rings. The number of nitrogens with zero attached hydrogens (tertiary/aromatic N) is 1. The Labute approximate surface area is 109 Å². The number of carbonyl (C=O) groups excluding carboxylic acids is 1. The van der Waals surface area contributed by atoms with E-state index in [1.54, 1.807) is 7.11 Å². The number of rotatable bonds is 5. The average Bonchev–Trinajstić information content (AvgIpc) is 2.28. The van der Waals surface area contributed by atoms with Crippen LogP contribution in [-0.2, 0) is 19.6 Å². The SMILES string of the molecule is COC[C@@H](C)NC(=O)[C@@H]1CCCCN1S(C)(=O)=O. The van der Waals surface area contributed by atoms with Crippen LogP contribution < -0.4 is 5.32 Å². The van der Waals surface area contributed by atoms with E-state index in [1.807, 2.05) is 6.92 Å². The molecule has 0 bridgehead atoms. The van der Waals surface area contributed by atoms with E-state index in [4.69, 9.17) is 4.74 Å². The molecule has 7 heteroatoms. The predicted octanol–water partition coefficient (Wildman–Crippen LogP) is -0.0484. The number of sulfonamides is 1. The maximum absolute atomic E-state index is 12.1. The Morgan fingerprint density at radius 2 is 2.17 bits per heavy atom. The van der Waals surface area contributed by atoms with E-state index < -0.39 is 16.1 Å². The Bertz CT molecular complexity index is 383. The van der Waals surface area contributed by atoms with E-state index in [0.29, 0.717) is 19.6 Å². The van der Waals surface area contributed by atoms with Gasteiger partial charge >= 0.3 is 0 Å². The van der Waals surface area contributed by atoms with E-state index >= 15 is 0 Å². The molecule has 0 aromatic heterocycles. The number of ether oxygens (including phenoxy) is 1. The van der Waals surface area contributed by atoms with Crippen LogP contribution in [0.4, 0.5) is 0 Å². The largest absolute Gasteiger partial charge is 0.383 e. The lowest BCUT2D eigenvalue weighted by molar-refractivity contribution is -0.126. The second kappa shape index (κ2) is 6.49. The first kappa shape index (κ1) is 15.4. The van der Waals surface area contributed by atoms with Crippen LogP contribution in [0.15, 0.2) is 0 Å². The monoisotopic (exact) mass is 278 g/mol. The first-order chi connectivity index (χ1) is 8.36. The van der Waals surface area contributed by atoms with E-state index in [1.165, 1.54) is 4.31 Å². The van der Waals surface area contributed by atoms with Crippen molar-refractivity contribution in [2.24, 2.45) is 0 Å². The minimum atomic E-state index is -3.33. The van der Waals surface area contributed by atoms with E-state index in [-0.39, 0.29) is 11.9 Å². The Kier molecular flexibility index (Phi) is 5.55. The van der Waals surface area contributed by atoms with Crippen molar-refractivity contribution < 1.29 is 17.9 Å². The third-order valence-electron chi connectivity index (χ3n) is 2.99. The standard InChI is InChI=1S/C11H22N2O4S/c1-9(8-17-2)12-11(14)10-6-4-5-7-13(10)18(3,15)16/h9-10H,4-8H2,1-3H3,(H,12,14)/t9-,10+/m1/s1. The molecule has 1 heterocycles. The zero-order valence-corrected chi connectivity index (χ0v) is 12.0. The van der Waals surface area contributed by atoms with Crippen LogP contribution in [-0.4, -0.2) is 57.2 Å². The normalized spacial score (nSPS) is 23.6. The summed E-state index contributed by atoms with van der Waals surface area (Å²) in [5.41, 5.74) is 0. The van der Waals surface area contributed by atoms with Crippen molar-refractivity contribution in [1.82, 2.24) is 9.62 Å². The van der Waals surface area contributed by atoms with Gasteiger partial charge < -0.3 is 10.1 Å². The van der Waals surface area contributed by atoms with Gasteiger partial charge in [-0.2, -0.15) is 4.31 Å². The lowest BCUT2D eigenvalue weighted by Gasteiger charge is -2.33. The predicted molar refractivity (Wildman–Crippen MR) is 68.7 cm³/mol. The molecular formula is C11H22N2O4S. The van der Waals surface area contributed by atoms with Crippen molar-refractivity contribution in [3.63, 3.8) is 0 Å². The van der Waals surface area contributed by atoms with Crippen molar-refractivity contribution in [1.29, 1.82) is 0 Å². The van der Waals surface area contributed by atoms with Crippen LogP contribution in [0.1, 0.15) is 26.2 Å². The van der Waals surface area contributed by atoms with E-state index in [0.717, 1.165) is 19.1 Å². The van der Waals surface area contributed by atoms with Gasteiger partial charge in [-0.3, -0.25) is 4.79 Å². The number of amides is 1. The highest BCUT2D eigenvalue weighted by atomic mass is 32.2. The highest BCUT2D eigenvalue weighted by molar-refractivity contribution is 7.88. The average molecular weight is 278 g/mol. The third-order valence-corrected chi connectivity index (χ3v) is 4.28. The van der Waals surface area contributed by atoms with Crippen molar-refractivity contribution in [2.75, 3.05) is 26.5 Å². The van der Waals surface area contributed by atoms with Gasteiger partial charge in [0.2, 0.25) is 15.9 Å². The van der Waals surface area contributed by atoms with Gasteiger partial charge in [0, 0.05) is 19.7 Å². The number of nitrogens with one attached hydrogen (secondary N) is 1. The molecule has 1 aliphatic rings. The maximum Gasteiger partial charge on any atom is 0.238 e. The summed E-state index contributed by atoms with van der Waals surface area (Å²) in [5, 5.41) is 2.78. The van der Waals surface area contributed by atoms with Gasteiger partial charge in [0.15, 0.2) is 0 Å². The molecule has 2 atom stereocenters. The Balaban J connectivity index is 2.69. The van der Waals surface area contributed by atoms with Crippen molar-refractivity contribution in [3.05, 3.63) is 0 Å². The topological polar surface area (TPSA) is 75.7 Å². The molecule has 1 fully saturated rings. The molecule has 18 heavy (non-hydrogen) atoms. The zero-order valence-electron chi connectivity index (χ0n) is 11.2. The summed E-state index contributed by atoms with van der Waals surface area (Å²) in [7, 11) is -1.77. The van der Waals surface area contributed by atoms with Crippen LogP contribution >= 0.6 is 0 Å². The van der Waals surface area contributed by atoms with Crippen LogP contribution in [0.5, 0.6) is 0 Å². The lowest BCUT2D eigenvalue weighted by Crippen LogP contribution is -2.53. The molecular weight excluding hydrogens is 256 g/mol. The molecule has 106 valence electrons. The molecule has 1 aliphatic heterocycles. The molecule has 0 saturated carbocycles. The van der Waals surface area contributed by atoms with Gasteiger partial charge in [0.25, 0.3) is 0 Å². The third kappa shape index (κ3) is 4.22. The summed E-state index contributed by atoms with van der Waals surface area (Å²) >= 11 is 0. The summed E-state index contributed by atoms with van der Waals surface area (Å²) in [6.07, 6.45) is 3.42. The van der Waals surface area contributed by atoms with E-state index in [2.05, 4.69) is 5.32 Å². The van der Waals surface area contributed by atoms with E-state index in [9.17, 15) is 13.2 Å². The molecule has 0 spiro atoms. The number of piperidine rings is 1. The summed E-state index contributed by atoms with van der Waals surface area (Å²) in [5.74, 6) is -0.232. The van der Waals surface area contributed by atoms with Crippen molar-refractivity contribution >= 4 is 15.9 Å². The lowest BCUT2D eigenvalue weighted by atomic mass is 10.0. The van der Waals surface area contributed by atoms with Gasteiger partial charge in [-0.1, -0.05) is 6.42 Å². The van der Waals surface area contributed by atoms with Gasteiger partial charge in [-0.05, 0) is 19.8 Å². The molecule has 0 radical (unpaired) electrons. The molecule has 6 nitrogen and oxygen atoms in total. The Morgan fingerprint density at radius 3 is 2.72 bits per heavy atom. The second-order valence-electron chi connectivity index (χ2n) is 4.75. The Hall–Kier alpha value is -0.660. The van der Waals surface area contributed by atoms with Gasteiger partial charge in [0.05, 0.1) is 12.9 Å². The van der Waals surface area contributed by atoms with Gasteiger partial charge in [-0.15, -0.1) is 0 Å². The van der Waals surface area contributed by atoms with Crippen LogP contribution in [0.2, 0.25) is 0 Å². The maximum atomic E-state index is 12.1. The summed E-state index contributed by atoms with van der Waals surface area (Å²) in [6, 6.07) is -0.695. The van der Waals surface area contributed by atoms with Crippen LogP contribution in [0.3, 0.4) is 0 Å². The molecule has 1 rings (SSSR count). The minimum Gasteiger partial charge on any atom is -0.383 e. The fourth-order valence-electron chi connectivity index (χ4n) is 2.19. The fourth-order valence-corrected chi connectivity index (χ4v) is 3.32. The Morgan fingerprint density at radius 1 is 1.50 bits per heavy atom. The summed E-state index contributed by atoms with van der Waals surface area (Å²) in [6.45, 7) is 2.67. The van der Waals surface area contributed by atoms with Crippen LogP contribution in [0, 0.1) is 0 Å². The fraction of sp³-hybridized carbons (Fsp3) is 0.909. The number of hydrogen-bond donors (Lipinski definition) is 1. The molecule has 0 unspecified atom stereocenters. The molecule has 0 aromatic carbocycles. The van der Waals surface area contributed by atoms with Crippen LogP contribution in [0.25, 0.3) is 0 Å². The number of carbonyl (C=O) groups is 1. The molecule has 1 saturated heterocycles. The summed E-state index contributed by atoms with van der Waals surface area (Å²) in [4.78, 5) is 12.1. The highest BCUT2D eigenvalue weighted by Crippen LogP contribution is 2.20. The number of methoxy groups -OCH3 is 1. The van der Waals surface area contributed by atoms with Crippen molar-refractivity contribution in [2.45, 2.75) is 38.3 Å². The minimum absolute atomic E-state index is 0.120. The van der Waals surface area contributed by atoms with Gasteiger partial charge in [-0.25, -0.2) is 8.42 Å². The quantitative estimate of drug-likeness (QED) is 0.765. The number of hydrogen-bond acceptors (Lipinski definition) is 4. The molecule has 1 amide bonds. The molecule has 0 aliphatic carbocycles.